The van der Waals surface area contributed by atoms with Crippen LogP contribution in [0.15, 0.2) is 47.4 Å². The number of hydrogen-bond donors (Lipinski definition) is 1. The predicted octanol–water partition coefficient (Wildman–Crippen LogP) is 4.43. The highest BCUT2D eigenvalue weighted by Gasteiger charge is 2.02. The van der Waals surface area contributed by atoms with E-state index in [4.69, 9.17) is 16.7 Å². The molecule has 1 N–H and O–H groups in total. The van der Waals surface area contributed by atoms with Crippen LogP contribution in [0.3, 0.4) is 0 Å². The minimum Gasteiger partial charge on any atom is -0.392 e. The molecule has 18 heavy (non-hydrogen) atoms. The van der Waals surface area contributed by atoms with E-state index in [1.165, 1.54) is 11.1 Å². The van der Waals surface area contributed by atoms with Gasteiger partial charge in [0.1, 0.15) is 0 Å². The van der Waals surface area contributed by atoms with Gasteiger partial charge in [-0.1, -0.05) is 47.5 Å². The van der Waals surface area contributed by atoms with E-state index in [-0.39, 0.29) is 6.61 Å². The number of halogens is 1. The third-order valence-electron chi connectivity index (χ3n) is 2.68. The number of thioether (sulfide) groups is 1. The number of benzene rings is 2. The molecule has 0 spiro atoms. The Morgan fingerprint density at radius 1 is 1.17 bits per heavy atom. The second kappa shape index (κ2) is 6.28. The predicted molar refractivity (Wildman–Crippen MR) is 78.1 cm³/mol. The Morgan fingerprint density at radius 2 is 2.00 bits per heavy atom. The molecule has 0 heterocycles. The summed E-state index contributed by atoms with van der Waals surface area (Å²) in [6.45, 7) is 2.09. The van der Waals surface area contributed by atoms with Crippen LogP contribution in [0.4, 0.5) is 0 Å². The second-order valence-electron chi connectivity index (χ2n) is 4.19. The average molecular weight is 279 g/mol. The fourth-order valence-corrected chi connectivity index (χ4v) is 2.90. The van der Waals surface area contributed by atoms with Crippen LogP contribution in [0.5, 0.6) is 0 Å². The van der Waals surface area contributed by atoms with Gasteiger partial charge in [0.15, 0.2) is 0 Å². The van der Waals surface area contributed by atoms with Crippen LogP contribution in [-0.4, -0.2) is 5.11 Å². The Balaban J connectivity index is 2.04. The molecule has 2 aromatic carbocycles. The third kappa shape index (κ3) is 3.52. The highest BCUT2D eigenvalue weighted by atomic mass is 35.5. The highest BCUT2D eigenvalue weighted by molar-refractivity contribution is 7.98. The summed E-state index contributed by atoms with van der Waals surface area (Å²) in [5, 5.41) is 9.69. The van der Waals surface area contributed by atoms with Crippen molar-refractivity contribution in [1.29, 1.82) is 0 Å². The third-order valence-corrected chi connectivity index (χ3v) is 4.10. The molecule has 0 saturated carbocycles. The largest absolute Gasteiger partial charge is 0.392 e. The van der Waals surface area contributed by atoms with E-state index in [1.807, 2.05) is 18.2 Å². The molecule has 0 aliphatic rings. The summed E-state index contributed by atoms with van der Waals surface area (Å²) in [5.41, 5.74) is 3.36. The quantitative estimate of drug-likeness (QED) is 0.835. The summed E-state index contributed by atoms with van der Waals surface area (Å²) < 4.78 is 0. The molecule has 1 nitrogen and oxygen atoms in total. The van der Waals surface area contributed by atoms with Crippen molar-refractivity contribution in [2.24, 2.45) is 0 Å². The molecule has 0 aromatic heterocycles. The molecular formula is C15H15ClOS. The van der Waals surface area contributed by atoms with Crippen molar-refractivity contribution in [2.75, 3.05) is 0 Å². The minimum absolute atomic E-state index is 0.0122. The summed E-state index contributed by atoms with van der Waals surface area (Å²) in [6.07, 6.45) is 0. The molecule has 0 radical (unpaired) electrons. The molecule has 94 valence electrons. The highest BCUT2D eigenvalue weighted by Crippen LogP contribution is 2.27. The molecule has 0 aliphatic carbocycles. The first kappa shape index (κ1) is 13.5. The van der Waals surface area contributed by atoms with Gasteiger partial charge in [0.2, 0.25) is 0 Å². The minimum atomic E-state index is -0.0122. The second-order valence-corrected chi connectivity index (χ2v) is 5.65. The molecule has 0 amide bonds. The topological polar surface area (TPSA) is 20.2 Å². The fourth-order valence-electron chi connectivity index (χ4n) is 1.71. The van der Waals surface area contributed by atoms with Gasteiger partial charge in [0.25, 0.3) is 0 Å². The van der Waals surface area contributed by atoms with Crippen molar-refractivity contribution in [3.8, 4) is 0 Å². The van der Waals surface area contributed by atoms with Gasteiger partial charge in [-0.15, -0.1) is 11.8 Å². The van der Waals surface area contributed by atoms with Crippen LogP contribution in [0.25, 0.3) is 0 Å². The monoisotopic (exact) mass is 278 g/mol. The summed E-state index contributed by atoms with van der Waals surface area (Å²) >= 11 is 7.81. The van der Waals surface area contributed by atoms with Gasteiger partial charge >= 0.3 is 0 Å². The van der Waals surface area contributed by atoms with Crippen molar-refractivity contribution in [3.05, 3.63) is 64.2 Å². The Kier molecular flexibility index (Phi) is 4.70. The maximum Gasteiger partial charge on any atom is 0.0696 e. The number of hydrogen-bond acceptors (Lipinski definition) is 2. The SMILES string of the molecule is Cc1cccc(CSc2ccc(CO)c(Cl)c2)c1. The summed E-state index contributed by atoms with van der Waals surface area (Å²) in [6, 6.07) is 14.3. The summed E-state index contributed by atoms with van der Waals surface area (Å²) in [4.78, 5) is 1.12. The molecule has 0 unspecified atom stereocenters. The molecule has 0 atom stereocenters. The van der Waals surface area contributed by atoms with E-state index >= 15 is 0 Å². The summed E-state index contributed by atoms with van der Waals surface area (Å²) in [7, 11) is 0. The molecular weight excluding hydrogens is 264 g/mol. The zero-order valence-corrected chi connectivity index (χ0v) is 11.8. The van der Waals surface area contributed by atoms with Crippen molar-refractivity contribution >= 4 is 23.4 Å². The first-order chi connectivity index (χ1) is 8.69. The molecule has 0 aliphatic heterocycles. The van der Waals surface area contributed by atoms with E-state index in [1.54, 1.807) is 11.8 Å². The van der Waals surface area contributed by atoms with Gasteiger partial charge in [0, 0.05) is 15.7 Å². The van der Waals surface area contributed by atoms with Gasteiger partial charge in [-0.25, -0.2) is 0 Å². The van der Waals surface area contributed by atoms with Crippen LogP contribution >= 0.6 is 23.4 Å². The van der Waals surface area contributed by atoms with Crippen LogP contribution < -0.4 is 0 Å². The van der Waals surface area contributed by atoms with Crippen molar-refractivity contribution in [2.45, 2.75) is 24.2 Å². The summed E-state index contributed by atoms with van der Waals surface area (Å²) in [5.74, 6) is 0.927. The van der Waals surface area contributed by atoms with Gasteiger partial charge in [-0.05, 0) is 30.2 Å². The fraction of sp³-hybridized carbons (Fsp3) is 0.200. The van der Waals surface area contributed by atoms with E-state index in [9.17, 15) is 0 Å². The van der Waals surface area contributed by atoms with Gasteiger partial charge in [-0.2, -0.15) is 0 Å². The van der Waals surface area contributed by atoms with E-state index in [0.717, 1.165) is 16.2 Å². The Bertz CT molecular complexity index is 540. The lowest BCUT2D eigenvalue weighted by molar-refractivity contribution is 0.282. The molecule has 0 fully saturated rings. The molecule has 3 heteroatoms. The zero-order valence-electron chi connectivity index (χ0n) is 10.2. The van der Waals surface area contributed by atoms with E-state index in [2.05, 4.69) is 31.2 Å². The average Bonchev–Trinajstić information content (AvgIpc) is 2.37. The first-order valence-electron chi connectivity index (χ1n) is 5.76. The molecule has 2 aromatic rings. The molecule has 0 bridgehead atoms. The number of aryl methyl sites for hydroxylation is 1. The van der Waals surface area contributed by atoms with Crippen LogP contribution in [0.1, 0.15) is 16.7 Å². The molecule has 2 rings (SSSR count). The lowest BCUT2D eigenvalue weighted by Gasteiger charge is -2.06. The Hall–Kier alpha value is -0.960. The van der Waals surface area contributed by atoms with Crippen LogP contribution in [-0.2, 0) is 12.4 Å². The Morgan fingerprint density at radius 3 is 2.67 bits per heavy atom. The maximum absolute atomic E-state index is 9.06. The van der Waals surface area contributed by atoms with Crippen LogP contribution in [0, 0.1) is 6.92 Å². The van der Waals surface area contributed by atoms with E-state index in [0.29, 0.717) is 5.02 Å². The number of aliphatic hydroxyl groups is 1. The number of aliphatic hydroxyl groups excluding tert-OH is 1. The van der Waals surface area contributed by atoms with Crippen LogP contribution in [0.2, 0.25) is 5.02 Å². The molecule has 0 saturated heterocycles. The van der Waals surface area contributed by atoms with Gasteiger partial charge < -0.3 is 5.11 Å². The standard InChI is InChI=1S/C15H15ClOS/c1-11-3-2-4-12(7-11)10-18-14-6-5-13(9-17)15(16)8-14/h2-8,17H,9-10H2,1H3. The Labute approximate surface area is 117 Å². The van der Waals surface area contributed by atoms with Crippen molar-refractivity contribution in [1.82, 2.24) is 0 Å². The van der Waals surface area contributed by atoms with Gasteiger partial charge in [0.05, 0.1) is 6.61 Å². The smallest absolute Gasteiger partial charge is 0.0696 e. The van der Waals surface area contributed by atoms with E-state index < -0.39 is 0 Å². The maximum atomic E-state index is 9.06. The first-order valence-corrected chi connectivity index (χ1v) is 7.13. The van der Waals surface area contributed by atoms with Crippen molar-refractivity contribution in [3.63, 3.8) is 0 Å². The normalized spacial score (nSPS) is 10.6. The van der Waals surface area contributed by atoms with Gasteiger partial charge in [-0.3, -0.25) is 0 Å². The van der Waals surface area contributed by atoms with Crippen molar-refractivity contribution < 1.29 is 5.11 Å². The zero-order chi connectivity index (χ0) is 13.0. The number of rotatable bonds is 4. The lowest BCUT2D eigenvalue weighted by atomic mass is 10.2. The lowest BCUT2D eigenvalue weighted by Crippen LogP contribution is -1.86.